The fourth-order valence-corrected chi connectivity index (χ4v) is 2.38. The van der Waals surface area contributed by atoms with Crippen LogP contribution in [-0.2, 0) is 11.2 Å². The Morgan fingerprint density at radius 3 is 2.84 bits per heavy atom. The van der Waals surface area contributed by atoms with E-state index in [9.17, 15) is 4.79 Å². The molecule has 1 saturated heterocycles. The SMILES string of the molecule is COc1ccc(CC(=O)NCCC2CCCN2)cc1. The fourth-order valence-electron chi connectivity index (χ4n) is 2.38. The van der Waals surface area contributed by atoms with Crippen molar-refractivity contribution in [2.24, 2.45) is 0 Å². The highest BCUT2D eigenvalue weighted by Gasteiger charge is 2.13. The highest BCUT2D eigenvalue weighted by molar-refractivity contribution is 5.78. The summed E-state index contributed by atoms with van der Waals surface area (Å²) in [5.41, 5.74) is 1.01. The number of ether oxygens (including phenoxy) is 1. The third-order valence-corrected chi connectivity index (χ3v) is 3.50. The van der Waals surface area contributed by atoms with Crippen molar-refractivity contribution >= 4 is 5.91 Å². The number of carbonyl (C=O) groups excluding carboxylic acids is 1. The van der Waals surface area contributed by atoms with Crippen LogP contribution in [0.15, 0.2) is 24.3 Å². The molecular formula is C15H22N2O2. The zero-order valence-corrected chi connectivity index (χ0v) is 11.4. The number of methoxy groups -OCH3 is 1. The van der Waals surface area contributed by atoms with Gasteiger partial charge in [-0.25, -0.2) is 0 Å². The van der Waals surface area contributed by atoms with Crippen LogP contribution in [0, 0.1) is 0 Å². The molecule has 1 unspecified atom stereocenters. The van der Waals surface area contributed by atoms with Crippen LogP contribution in [0.1, 0.15) is 24.8 Å². The second-order valence-corrected chi connectivity index (χ2v) is 4.96. The molecular weight excluding hydrogens is 240 g/mol. The molecule has 104 valence electrons. The molecule has 1 aliphatic heterocycles. The number of hydrogen-bond donors (Lipinski definition) is 2. The molecule has 0 bridgehead atoms. The molecule has 1 aromatic rings. The lowest BCUT2D eigenvalue weighted by molar-refractivity contribution is -0.120. The van der Waals surface area contributed by atoms with E-state index in [1.54, 1.807) is 7.11 Å². The molecule has 2 rings (SSSR count). The lowest BCUT2D eigenvalue weighted by Gasteiger charge is -2.10. The Hall–Kier alpha value is -1.55. The van der Waals surface area contributed by atoms with Gasteiger partial charge in [-0.1, -0.05) is 12.1 Å². The van der Waals surface area contributed by atoms with Crippen molar-refractivity contribution in [3.8, 4) is 5.75 Å². The minimum absolute atomic E-state index is 0.0863. The van der Waals surface area contributed by atoms with E-state index in [0.717, 1.165) is 30.8 Å². The van der Waals surface area contributed by atoms with Crippen LogP contribution >= 0.6 is 0 Å². The summed E-state index contributed by atoms with van der Waals surface area (Å²) >= 11 is 0. The molecule has 4 nitrogen and oxygen atoms in total. The first-order valence-corrected chi connectivity index (χ1v) is 6.91. The maximum absolute atomic E-state index is 11.8. The van der Waals surface area contributed by atoms with Gasteiger partial charge in [-0.05, 0) is 43.5 Å². The van der Waals surface area contributed by atoms with Gasteiger partial charge < -0.3 is 15.4 Å². The summed E-state index contributed by atoms with van der Waals surface area (Å²) in [6.07, 6.45) is 3.94. The average Bonchev–Trinajstić information content (AvgIpc) is 2.93. The second kappa shape index (κ2) is 7.14. The van der Waals surface area contributed by atoms with Gasteiger partial charge in [-0.2, -0.15) is 0 Å². The summed E-state index contributed by atoms with van der Waals surface area (Å²) in [6, 6.07) is 8.20. The normalized spacial score (nSPS) is 18.3. The van der Waals surface area contributed by atoms with Crippen molar-refractivity contribution in [3.05, 3.63) is 29.8 Å². The van der Waals surface area contributed by atoms with Gasteiger partial charge in [0.15, 0.2) is 0 Å². The van der Waals surface area contributed by atoms with Crippen LogP contribution in [-0.4, -0.2) is 32.1 Å². The summed E-state index contributed by atoms with van der Waals surface area (Å²) in [6.45, 7) is 1.87. The first-order chi connectivity index (χ1) is 9.28. The Bertz CT molecular complexity index is 397. The Morgan fingerprint density at radius 2 is 2.21 bits per heavy atom. The smallest absolute Gasteiger partial charge is 0.224 e. The van der Waals surface area contributed by atoms with Crippen LogP contribution in [0.4, 0.5) is 0 Å². The molecule has 19 heavy (non-hydrogen) atoms. The van der Waals surface area contributed by atoms with Gasteiger partial charge in [0.05, 0.1) is 13.5 Å². The summed E-state index contributed by atoms with van der Waals surface area (Å²) in [4.78, 5) is 11.8. The van der Waals surface area contributed by atoms with E-state index in [1.807, 2.05) is 24.3 Å². The largest absolute Gasteiger partial charge is 0.497 e. The quantitative estimate of drug-likeness (QED) is 0.817. The molecule has 0 spiro atoms. The van der Waals surface area contributed by atoms with E-state index in [-0.39, 0.29) is 5.91 Å². The van der Waals surface area contributed by atoms with Crippen molar-refractivity contribution in [1.29, 1.82) is 0 Å². The average molecular weight is 262 g/mol. The number of amides is 1. The van der Waals surface area contributed by atoms with Crippen LogP contribution in [0.25, 0.3) is 0 Å². The van der Waals surface area contributed by atoms with Crippen molar-refractivity contribution in [2.45, 2.75) is 31.7 Å². The van der Waals surface area contributed by atoms with Gasteiger partial charge in [0.25, 0.3) is 0 Å². The van der Waals surface area contributed by atoms with E-state index in [2.05, 4.69) is 10.6 Å². The third kappa shape index (κ3) is 4.56. The first kappa shape index (κ1) is 13.9. The minimum Gasteiger partial charge on any atom is -0.497 e. The Balaban J connectivity index is 1.68. The van der Waals surface area contributed by atoms with Crippen LogP contribution < -0.4 is 15.4 Å². The highest BCUT2D eigenvalue weighted by atomic mass is 16.5. The standard InChI is InChI=1S/C15H22N2O2/c1-19-14-6-4-12(5-7-14)11-15(18)17-10-8-13-3-2-9-16-13/h4-7,13,16H,2-3,8-11H2,1H3,(H,17,18). The summed E-state index contributed by atoms with van der Waals surface area (Å²) in [7, 11) is 1.64. The lowest BCUT2D eigenvalue weighted by atomic mass is 10.1. The zero-order valence-electron chi connectivity index (χ0n) is 11.4. The number of hydrogen-bond acceptors (Lipinski definition) is 3. The molecule has 0 saturated carbocycles. The van der Waals surface area contributed by atoms with Crippen LogP contribution in [0.5, 0.6) is 5.75 Å². The molecule has 1 atom stereocenters. The predicted octanol–water partition coefficient (Wildman–Crippen LogP) is 1.50. The molecule has 0 aliphatic carbocycles. The number of benzene rings is 1. The zero-order chi connectivity index (χ0) is 13.5. The van der Waals surface area contributed by atoms with Gasteiger partial charge in [0.2, 0.25) is 5.91 Å². The van der Waals surface area contributed by atoms with E-state index in [4.69, 9.17) is 4.74 Å². The predicted molar refractivity (Wildman–Crippen MR) is 75.3 cm³/mol. The third-order valence-electron chi connectivity index (χ3n) is 3.50. The van der Waals surface area contributed by atoms with Crippen molar-refractivity contribution in [2.75, 3.05) is 20.2 Å². The molecule has 2 N–H and O–H groups in total. The molecule has 1 aromatic carbocycles. The fraction of sp³-hybridized carbons (Fsp3) is 0.533. The summed E-state index contributed by atoms with van der Waals surface area (Å²) < 4.78 is 5.09. The molecule has 1 fully saturated rings. The van der Waals surface area contributed by atoms with Crippen molar-refractivity contribution in [3.63, 3.8) is 0 Å². The molecule has 4 heteroatoms. The van der Waals surface area contributed by atoms with E-state index in [1.165, 1.54) is 12.8 Å². The van der Waals surface area contributed by atoms with Crippen LogP contribution in [0.2, 0.25) is 0 Å². The highest BCUT2D eigenvalue weighted by Crippen LogP contribution is 2.11. The van der Waals surface area contributed by atoms with Gasteiger partial charge in [0.1, 0.15) is 5.75 Å². The number of nitrogens with one attached hydrogen (secondary N) is 2. The van der Waals surface area contributed by atoms with Gasteiger partial charge in [-0.3, -0.25) is 4.79 Å². The van der Waals surface area contributed by atoms with Gasteiger partial charge in [-0.15, -0.1) is 0 Å². The maximum Gasteiger partial charge on any atom is 0.224 e. The van der Waals surface area contributed by atoms with Crippen LogP contribution in [0.3, 0.4) is 0 Å². The monoisotopic (exact) mass is 262 g/mol. The minimum atomic E-state index is 0.0863. The number of carbonyl (C=O) groups is 1. The van der Waals surface area contributed by atoms with E-state index >= 15 is 0 Å². The maximum atomic E-state index is 11.8. The summed E-state index contributed by atoms with van der Waals surface area (Å²) in [5.74, 6) is 0.902. The second-order valence-electron chi connectivity index (χ2n) is 4.96. The van der Waals surface area contributed by atoms with Gasteiger partial charge >= 0.3 is 0 Å². The molecule has 0 radical (unpaired) electrons. The van der Waals surface area contributed by atoms with E-state index < -0.39 is 0 Å². The Morgan fingerprint density at radius 1 is 1.42 bits per heavy atom. The topological polar surface area (TPSA) is 50.4 Å². The molecule has 0 aromatic heterocycles. The molecule has 1 aliphatic rings. The lowest BCUT2D eigenvalue weighted by Crippen LogP contribution is -2.31. The van der Waals surface area contributed by atoms with Crippen molar-refractivity contribution in [1.82, 2.24) is 10.6 Å². The number of rotatable bonds is 6. The van der Waals surface area contributed by atoms with E-state index in [0.29, 0.717) is 12.5 Å². The summed E-state index contributed by atoms with van der Waals surface area (Å²) in [5, 5.41) is 6.40. The molecule has 1 amide bonds. The van der Waals surface area contributed by atoms with Crippen molar-refractivity contribution < 1.29 is 9.53 Å². The Labute approximate surface area is 114 Å². The Kier molecular flexibility index (Phi) is 5.21. The first-order valence-electron chi connectivity index (χ1n) is 6.91. The van der Waals surface area contributed by atoms with Gasteiger partial charge in [0, 0.05) is 12.6 Å². The molecule has 1 heterocycles.